The Labute approximate surface area is 117 Å². The zero-order valence-electron chi connectivity index (χ0n) is 11.3. The zero-order chi connectivity index (χ0) is 14.5. The summed E-state index contributed by atoms with van der Waals surface area (Å²) >= 11 is 0. The van der Waals surface area contributed by atoms with Gasteiger partial charge >= 0.3 is 0 Å². The molecule has 0 saturated heterocycles. The highest BCUT2D eigenvalue weighted by Gasteiger charge is 2.08. The normalized spacial score (nSPS) is 9.90. The van der Waals surface area contributed by atoms with E-state index in [4.69, 9.17) is 0 Å². The average molecular weight is 269 g/mol. The Balaban J connectivity index is 2.13. The maximum Gasteiger partial charge on any atom is 0.274 e. The Kier molecular flexibility index (Phi) is 4.10. The van der Waals surface area contributed by atoms with Crippen LogP contribution in [0.25, 0.3) is 0 Å². The van der Waals surface area contributed by atoms with Crippen LogP contribution in [-0.2, 0) is 4.79 Å². The summed E-state index contributed by atoms with van der Waals surface area (Å²) in [6.07, 6.45) is 1.57. The molecule has 2 N–H and O–H groups in total. The Morgan fingerprint density at radius 3 is 2.50 bits per heavy atom. The number of carbonyl (C=O) groups excluding carboxylic acids is 2. The fourth-order valence-corrected chi connectivity index (χ4v) is 1.76. The van der Waals surface area contributed by atoms with Gasteiger partial charge in [0.25, 0.3) is 5.91 Å². The number of carbonyl (C=O) groups is 2. The van der Waals surface area contributed by atoms with Gasteiger partial charge in [-0.1, -0.05) is 6.07 Å². The number of rotatable bonds is 3. The lowest BCUT2D eigenvalue weighted by Gasteiger charge is -2.10. The fourth-order valence-electron chi connectivity index (χ4n) is 1.76. The van der Waals surface area contributed by atoms with Crippen LogP contribution in [0.15, 0.2) is 42.6 Å². The SMILES string of the molecule is CC(=O)Nc1ccc(NC(=O)c2ccccn2)cc1C. The smallest absolute Gasteiger partial charge is 0.274 e. The van der Waals surface area contributed by atoms with Gasteiger partial charge in [0, 0.05) is 24.5 Å². The molecule has 1 aromatic heterocycles. The molecule has 2 rings (SSSR count). The van der Waals surface area contributed by atoms with Crippen LogP contribution in [0.4, 0.5) is 11.4 Å². The number of aromatic nitrogens is 1. The molecule has 1 aromatic carbocycles. The van der Waals surface area contributed by atoms with Gasteiger partial charge in [-0.05, 0) is 42.8 Å². The number of anilines is 2. The summed E-state index contributed by atoms with van der Waals surface area (Å²) in [5, 5.41) is 5.49. The van der Waals surface area contributed by atoms with Crippen molar-refractivity contribution in [2.24, 2.45) is 0 Å². The molecule has 0 atom stereocenters. The molecule has 5 heteroatoms. The second-order valence-corrected chi connectivity index (χ2v) is 4.38. The van der Waals surface area contributed by atoms with Gasteiger partial charge in [-0.3, -0.25) is 14.6 Å². The largest absolute Gasteiger partial charge is 0.326 e. The van der Waals surface area contributed by atoms with Gasteiger partial charge in [0.1, 0.15) is 5.69 Å². The Hall–Kier alpha value is -2.69. The quantitative estimate of drug-likeness (QED) is 0.899. The third kappa shape index (κ3) is 3.41. The van der Waals surface area contributed by atoms with Gasteiger partial charge in [-0.15, -0.1) is 0 Å². The van der Waals surface area contributed by atoms with Crippen LogP contribution in [0.2, 0.25) is 0 Å². The molecule has 0 saturated carbocycles. The van der Waals surface area contributed by atoms with E-state index in [2.05, 4.69) is 15.6 Å². The van der Waals surface area contributed by atoms with Crippen molar-refractivity contribution in [2.45, 2.75) is 13.8 Å². The van der Waals surface area contributed by atoms with Gasteiger partial charge < -0.3 is 10.6 Å². The topological polar surface area (TPSA) is 71.1 Å². The molecule has 0 radical (unpaired) electrons. The third-order valence-electron chi connectivity index (χ3n) is 2.69. The lowest BCUT2D eigenvalue weighted by atomic mass is 10.1. The van der Waals surface area contributed by atoms with Gasteiger partial charge in [0.2, 0.25) is 5.91 Å². The number of nitrogens with one attached hydrogen (secondary N) is 2. The summed E-state index contributed by atoms with van der Waals surface area (Å²) in [5.41, 5.74) is 2.62. The maximum atomic E-state index is 11.9. The molecule has 0 unspecified atom stereocenters. The van der Waals surface area contributed by atoms with Crippen molar-refractivity contribution < 1.29 is 9.59 Å². The molecule has 102 valence electrons. The van der Waals surface area contributed by atoms with Crippen LogP contribution < -0.4 is 10.6 Å². The number of hydrogen-bond acceptors (Lipinski definition) is 3. The Morgan fingerprint density at radius 2 is 1.90 bits per heavy atom. The molecule has 0 spiro atoms. The molecular weight excluding hydrogens is 254 g/mol. The van der Waals surface area contributed by atoms with Crippen LogP contribution in [0.3, 0.4) is 0 Å². The van der Waals surface area contributed by atoms with Crippen LogP contribution in [-0.4, -0.2) is 16.8 Å². The number of amides is 2. The first-order valence-corrected chi connectivity index (χ1v) is 6.17. The summed E-state index contributed by atoms with van der Waals surface area (Å²) < 4.78 is 0. The number of pyridine rings is 1. The summed E-state index contributed by atoms with van der Waals surface area (Å²) in [6.45, 7) is 3.32. The van der Waals surface area contributed by atoms with E-state index in [1.165, 1.54) is 6.92 Å². The predicted octanol–water partition coefficient (Wildman–Crippen LogP) is 2.60. The zero-order valence-corrected chi connectivity index (χ0v) is 11.3. The van der Waals surface area contributed by atoms with Crippen molar-refractivity contribution in [1.29, 1.82) is 0 Å². The summed E-state index contributed by atoms with van der Waals surface area (Å²) in [5.74, 6) is -0.393. The first-order valence-electron chi connectivity index (χ1n) is 6.17. The van der Waals surface area contributed by atoms with Crippen LogP contribution in [0.5, 0.6) is 0 Å². The van der Waals surface area contributed by atoms with E-state index in [9.17, 15) is 9.59 Å². The number of nitrogens with zero attached hydrogens (tertiary/aromatic N) is 1. The van der Waals surface area contributed by atoms with Crippen LogP contribution in [0, 0.1) is 6.92 Å². The van der Waals surface area contributed by atoms with Crippen LogP contribution in [0.1, 0.15) is 23.0 Å². The molecule has 0 aliphatic carbocycles. The van der Waals surface area contributed by atoms with Crippen molar-refractivity contribution in [3.8, 4) is 0 Å². The second-order valence-electron chi connectivity index (χ2n) is 4.38. The van der Waals surface area contributed by atoms with E-state index in [0.29, 0.717) is 11.4 Å². The minimum Gasteiger partial charge on any atom is -0.326 e. The van der Waals surface area contributed by atoms with Crippen molar-refractivity contribution in [3.05, 3.63) is 53.9 Å². The van der Waals surface area contributed by atoms with Crippen molar-refractivity contribution in [3.63, 3.8) is 0 Å². The maximum absolute atomic E-state index is 11.9. The number of hydrogen-bond donors (Lipinski definition) is 2. The van der Waals surface area contributed by atoms with E-state index in [-0.39, 0.29) is 11.8 Å². The molecule has 1 heterocycles. The van der Waals surface area contributed by atoms with E-state index >= 15 is 0 Å². The Morgan fingerprint density at radius 1 is 1.10 bits per heavy atom. The minimum atomic E-state index is -0.266. The molecule has 2 amide bonds. The van der Waals surface area contributed by atoms with Gasteiger partial charge in [-0.25, -0.2) is 0 Å². The summed E-state index contributed by atoms with van der Waals surface area (Å²) in [6, 6.07) is 10.4. The van der Waals surface area contributed by atoms with E-state index in [1.807, 2.05) is 6.92 Å². The van der Waals surface area contributed by atoms with E-state index in [0.717, 1.165) is 11.3 Å². The third-order valence-corrected chi connectivity index (χ3v) is 2.69. The number of aryl methyl sites for hydroxylation is 1. The average Bonchev–Trinajstić information content (AvgIpc) is 2.42. The highest BCUT2D eigenvalue weighted by Crippen LogP contribution is 2.20. The molecule has 20 heavy (non-hydrogen) atoms. The monoisotopic (exact) mass is 269 g/mol. The Bertz CT molecular complexity index is 639. The second kappa shape index (κ2) is 5.97. The summed E-state index contributed by atoms with van der Waals surface area (Å²) in [7, 11) is 0. The molecule has 0 fully saturated rings. The highest BCUT2D eigenvalue weighted by atomic mass is 16.2. The lowest BCUT2D eigenvalue weighted by molar-refractivity contribution is -0.114. The van der Waals surface area contributed by atoms with E-state index in [1.54, 1.807) is 42.6 Å². The van der Waals surface area contributed by atoms with Gasteiger partial charge in [0.05, 0.1) is 0 Å². The first kappa shape index (κ1) is 13.7. The number of benzene rings is 1. The van der Waals surface area contributed by atoms with E-state index < -0.39 is 0 Å². The first-order chi connectivity index (χ1) is 9.56. The standard InChI is InChI=1S/C15H15N3O2/c1-10-9-12(6-7-13(10)17-11(2)19)18-15(20)14-5-3-4-8-16-14/h3-9H,1-2H3,(H,17,19)(H,18,20). The van der Waals surface area contributed by atoms with Crippen LogP contribution >= 0.6 is 0 Å². The summed E-state index contributed by atoms with van der Waals surface area (Å²) in [4.78, 5) is 27.0. The molecule has 0 bridgehead atoms. The fraction of sp³-hybridized carbons (Fsp3) is 0.133. The molecule has 2 aromatic rings. The van der Waals surface area contributed by atoms with Gasteiger partial charge in [0.15, 0.2) is 0 Å². The minimum absolute atomic E-state index is 0.127. The van der Waals surface area contributed by atoms with Crippen molar-refractivity contribution in [2.75, 3.05) is 10.6 Å². The highest BCUT2D eigenvalue weighted by molar-refractivity contribution is 6.03. The molecular formula is C15H15N3O2. The molecule has 0 aliphatic heterocycles. The van der Waals surface area contributed by atoms with Gasteiger partial charge in [-0.2, -0.15) is 0 Å². The molecule has 0 aliphatic rings. The van der Waals surface area contributed by atoms with Crippen molar-refractivity contribution >= 4 is 23.2 Å². The van der Waals surface area contributed by atoms with Crippen molar-refractivity contribution in [1.82, 2.24) is 4.98 Å². The predicted molar refractivity (Wildman–Crippen MR) is 77.7 cm³/mol. The lowest BCUT2D eigenvalue weighted by Crippen LogP contribution is -2.14. The molecule has 5 nitrogen and oxygen atoms in total.